The lowest BCUT2D eigenvalue weighted by molar-refractivity contribution is -0.138. The zero-order valence-electron chi connectivity index (χ0n) is 36.1. The molecule has 5 aromatic rings. The molecule has 17 nitrogen and oxygen atoms in total. The Kier molecular flexibility index (Phi) is 12.1. The highest BCUT2D eigenvalue weighted by molar-refractivity contribution is 6.07. The van der Waals surface area contributed by atoms with Crippen molar-refractivity contribution in [3.63, 3.8) is 0 Å². The largest absolute Gasteiger partial charge is 0.488 e. The number of carbonyl (C=O) groups is 4. The van der Waals surface area contributed by atoms with Crippen LogP contribution in [0.5, 0.6) is 5.75 Å². The molecule has 5 heterocycles. The van der Waals surface area contributed by atoms with Gasteiger partial charge in [-0.3, -0.25) is 9.59 Å². The van der Waals surface area contributed by atoms with E-state index in [1.807, 2.05) is 30.9 Å². The summed E-state index contributed by atoms with van der Waals surface area (Å²) in [7, 11) is 5.67. The minimum Gasteiger partial charge on any atom is -0.488 e. The quantitative estimate of drug-likeness (QED) is 0.115. The van der Waals surface area contributed by atoms with Crippen LogP contribution in [-0.2, 0) is 35.1 Å². The van der Waals surface area contributed by atoms with Gasteiger partial charge in [-0.1, -0.05) is 32.0 Å². The van der Waals surface area contributed by atoms with E-state index in [1.54, 1.807) is 25.1 Å². The minimum atomic E-state index is -0.962. The Morgan fingerprint density at radius 3 is 2.35 bits per heavy atom. The zero-order valence-corrected chi connectivity index (χ0v) is 36.1. The van der Waals surface area contributed by atoms with Crippen molar-refractivity contribution in [2.75, 3.05) is 48.1 Å². The van der Waals surface area contributed by atoms with E-state index in [1.165, 1.54) is 21.3 Å². The van der Waals surface area contributed by atoms with Crippen molar-refractivity contribution in [2.45, 2.75) is 76.9 Å². The van der Waals surface area contributed by atoms with Crippen LogP contribution in [-0.4, -0.2) is 120 Å². The molecule has 6 atom stereocenters. The van der Waals surface area contributed by atoms with Gasteiger partial charge in [-0.2, -0.15) is 0 Å². The number of alkyl carbamates (subject to hydrolysis) is 2. The molecule has 2 saturated heterocycles. The van der Waals surface area contributed by atoms with Crippen LogP contribution in [0.15, 0.2) is 48.7 Å². The number of ether oxygens (including phenoxy) is 5. The Morgan fingerprint density at radius 1 is 0.871 bits per heavy atom. The van der Waals surface area contributed by atoms with Crippen LogP contribution in [0.2, 0.25) is 0 Å². The maximum absolute atomic E-state index is 14.0. The Morgan fingerprint density at radius 2 is 1.63 bits per heavy atom. The SMILES string of the molecule is COC[C@H]1C[C@@H](c2ncc(-c3ccc4c(c3)COc3cc5c(ccc6[nH]c([C@@H]7CCCN7C(=O)[C@@H](NC(=O)OC)C(C)C)nc65)cc3-4)[nH]2)N(C(=O)[C@@H](NC(=O)OC)[C@@H](C)OC)C1. The molecule has 2 fully saturated rings. The molecular weight excluding hydrogens is 797 g/mol. The zero-order chi connectivity index (χ0) is 43.8. The Hall–Kier alpha value is -6.20. The number of amides is 4. The maximum Gasteiger partial charge on any atom is 0.407 e. The lowest BCUT2D eigenvalue weighted by Gasteiger charge is -2.30. The predicted molar refractivity (Wildman–Crippen MR) is 229 cm³/mol. The lowest BCUT2D eigenvalue weighted by Crippen LogP contribution is -2.54. The van der Waals surface area contributed by atoms with Gasteiger partial charge in [0.2, 0.25) is 11.8 Å². The Balaban J connectivity index is 1.04. The van der Waals surface area contributed by atoms with Gasteiger partial charge in [0.05, 0.1) is 61.9 Å². The summed E-state index contributed by atoms with van der Waals surface area (Å²) in [5.74, 6) is 1.58. The van der Waals surface area contributed by atoms with Gasteiger partial charge in [0.25, 0.3) is 0 Å². The average molecular weight is 851 g/mol. The second-order valence-electron chi connectivity index (χ2n) is 16.7. The molecule has 0 radical (unpaired) electrons. The number of carbonyl (C=O) groups excluding carboxylic acids is 4. The van der Waals surface area contributed by atoms with Gasteiger partial charge in [0.15, 0.2) is 0 Å². The van der Waals surface area contributed by atoms with Crippen molar-refractivity contribution in [1.82, 2.24) is 40.4 Å². The molecule has 3 aliphatic rings. The highest BCUT2D eigenvalue weighted by Crippen LogP contribution is 2.44. The third kappa shape index (κ3) is 8.01. The third-order valence-electron chi connectivity index (χ3n) is 12.5. The first-order chi connectivity index (χ1) is 29.9. The molecule has 3 aliphatic heterocycles. The standard InChI is InChI=1S/C45H54N8O9/c1-23(2)37(50-44(56)60-6)42(54)52-14-8-9-34(52)41-47-32-13-11-26-17-31-29-12-10-27(16-28(29)22-62-36(31)18-30(26)39(32)49-41)33-19-46-40(48-33)35-15-25(21-58-4)20-53(35)43(55)38(24(3)59-5)51-45(57)61-7/h10-13,16-19,23-25,34-35,37-38H,8-9,14-15,20-22H2,1-7H3,(H,46,48)(H,47,49)(H,50,56)(H,51,57)/t24-,25+,34+,35+,37+,38+/m1/s1. The molecule has 3 aromatic carbocycles. The fourth-order valence-corrected chi connectivity index (χ4v) is 9.14. The predicted octanol–water partition coefficient (Wildman–Crippen LogP) is 6.01. The molecule has 328 valence electrons. The number of methoxy groups -OCH3 is 4. The molecular formula is C45H54N8O9. The number of imidazole rings is 2. The first-order valence-electron chi connectivity index (χ1n) is 21.0. The molecule has 8 rings (SSSR count). The van der Waals surface area contributed by atoms with E-state index in [0.29, 0.717) is 44.4 Å². The number of benzene rings is 3. The Bertz CT molecular complexity index is 2500. The summed E-state index contributed by atoms with van der Waals surface area (Å²) < 4.78 is 27.0. The monoisotopic (exact) mass is 850 g/mol. The maximum atomic E-state index is 14.0. The van der Waals surface area contributed by atoms with E-state index in [0.717, 1.165) is 68.3 Å². The number of aromatic nitrogens is 4. The summed E-state index contributed by atoms with van der Waals surface area (Å²) in [5.41, 5.74) is 6.43. The molecule has 62 heavy (non-hydrogen) atoms. The molecule has 0 bridgehead atoms. The number of aromatic amines is 2. The number of H-pyrrole nitrogens is 2. The van der Waals surface area contributed by atoms with Crippen LogP contribution >= 0.6 is 0 Å². The molecule has 0 aliphatic carbocycles. The summed E-state index contributed by atoms with van der Waals surface area (Å²) in [4.78, 5) is 72.5. The van der Waals surface area contributed by atoms with Gasteiger partial charge in [0.1, 0.15) is 36.1 Å². The average Bonchev–Trinajstić information content (AvgIpc) is 4.12. The molecule has 0 saturated carbocycles. The van der Waals surface area contributed by atoms with Crippen molar-refractivity contribution in [3.8, 4) is 28.1 Å². The molecule has 17 heteroatoms. The molecule has 4 amide bonds. The van der Waals surface area contributed by atoms with Crippen LogP contribution in [0.3, 0.4) is 0 Å². The van der Waals surface area contributed by atoms with Crippen LogP contribution < -0.4 is 15.4 Å². The second-order valence-corrected chi connectivity index (χ2v) is 16.7. The number of nitrogens with one attached hydrogen (secondary N) is 4. The van der Waals surface area contributed by atoms with Crippen molar-refractivity contribution in [2.24, 2.45) is 11.8 Å². The van der Waals surface area contributed by atoms with E-state index in [-0.39, 0.29) is 35.7 Å². The fraction of sp³-hybridized carbons (Fsp3) is 0.467. The van der Waals surface area contributed by atoms with Crippen molar-refractivity contribution >= 4 is 45.8 Å². The van der Waals surface area contributed by atoms with E-state index in [2.05, 4.69) is 50.9 Å². The van der Waals surface area contributed by atoms with Crippen LogP contribution in [0.4, 0.5) is 9.59 Å². The summed E-state index contributed by atoms with van der Waals surface area (Å²) in [6.45, 7) is 7.35. The van der Waals surface area contributed by atoms with Gasteiger partial charge in [-0.25, -0.2) is 19.6 Å². The van der Waals surface area contributed by atoms with Crippen LogP contribution in [0, 0.1) is 11.8 Å². The van der Waals surface area contributed by atoms with Gasteiger partial charge >= 0.3 is 12.2 Å². The van der Waals surface area contributed by atoms with E-state index >= 15 is 0 Å². The van der Waals surface area contributed by atoms with Crippen molar-refractivity contribution in [1.29, 1.82) is 0 Å². The third-order valence-corrected chi connectivity index (χ3v) is 12.5. The summed E-state index contributed by atoms with van der Waals surface area (Å²) >= 11 is 0. The van der Waals surface area contributed by atoms with Crippen molar-refractivity contribution < 1.29 is 42.9 Å². The smallest absolute Gasteiger partial charge is 0.407 e. The summed E-state index contributed by atoms with van der Waals surface area (Å²) in [6, 6.07) is 12.2. The van der Waals surface area contributed by atoms with Gasteiger partial charge in [-0.15, -0.1) is 0 Å². The molecule has 2 aromatic heterocycles. The van der Waals surface area contributed by atoms with Crippen LogP contribution in [0.25, 0.3) is 44.2 Å². The molecule has 0 unspecified atom stereocenters. The Labute approximate surface area is 359 Å². The summed E-state index contributed by atoms with van der Waals surface area (Å²) in [6.07, 6.45) is 2.02. The van der Waals surface area contributed by atoms with Gasteiger partial charge < -0.3 is 54.1 Å². The number of nitrogens with zero attached hydrogens (tertiary/aromatic N) is 4. The normalized spacial score (nSPS) is 19.8. The first kappa shape index (κ1) is 42.5. The van der Waals surface area contributed by atoms with Gasteiger partial charge in [0, 0.05) is 44.2 Å². The summed E-state index contributed by atoms with van der Waals surface area (Å²) in [5, 5.41) is 7.30. The number of hydrogen-bond donors (Lipinski definition) is 4. The number of hydrogen-bond acceptors (Lipinski definition) is 11. The highest BCUT2D eigenvalue weighted by Gasteiger charge is 2.43. The van der Waals surface area contributed by atoms with Crippen molar-refractivity contribution in [3.05, 3.63) is 65.9 Å². The minimum absolute atomic E-state index is 0.0662. The number of fused-ring (bicyclic) bond motifs is 6. The molecule has 0 spiro atoms. The van der Waals surface area contributed by atoms with E-state index < -0.39 is 30.4 Å². The van der Waals surface area contributed by atoms with E-state index in [4.69, 9.17) is 33.7 Å². The first-order valence-corrected chi connectivity index (χ1v) is 21.0. The molecule has 4 N–H and O–H groups in total. The van der Waals surface area contributed by atoms with E-state index in [9.17, 15) is 19.2 Å². The highest BCUT2D eigenvalue weighted by atomic mass is 16.5. The van der Waals surface area contributed by atoms with Crippen LogP contribution in [0.1, 0.15) is 69.3 Å². The second kappa shape index (κ2) is 17.6. The lowest BCUT2D eigenvalue weighted by atomic mass is 9.92. The fourth-order valence-electron chi connectivity index (χ4n) is 9.14. The van der Waals surface area contributed by atoms with Gasteiger partial charge in [-0.05, 0) is 78.4 Å². The topological polar surface area (TPSA) is 202 Å². The number of likely N-dealkylation sites (tertiary alicyclic amines) is 2. The number of rotatable bonds is 12.